The predicted molar refractivity (Wildman–Crippen MR) is 111 cm³/mol. The van der Waals surface area contributed by atoms with E-state index < -0.39 is 5.97 Å². The molecule has 0 fully saturated rings. The lowest BCUT2D eigenvalue weighted by Crippen LogP contribution is -2.25. The molecule has 0 radical (unpaired) electrons. The summed E-state index contributed by atoms with van der Waals surface area (Å²) in [6, 6.07) is 4.64. The van der Waals surface area contributed by atoms with Crippen LogP contribution in [0, 0.1) is 6.92 Å². The molecule has 0 saturated carbocycles. The minimum atomic E-state index is -1.06. The Kier molecular flexibility index (Phi) is 5.03. The topological polar surface area (TPSA) is 111 Å². The van der Waals surface area contributed by atoms with Crippen LogP contribution in [0.25, 0.3) is 11.0 Å². The second-order valence-electron chi connectivity index (χ2n) is 7.16. The number of carboxylic acids is 1. The van der Waals surface area contributed by atoms with Crippen molar-refractivity contribution in [3.63, 3.8) is 0 Å². The molecule has 3 aromatic rings. The summed E-state index contributed by atoms with van der Waals surface area (Å²) in [6.45, 7) is 6.61. The van der Waals surface area contributed by atoms with Crippen LogP contribution in [-0.2, 0) is 6.54 Å². The molecule has 1 amide bonds. The van der Waals surface area contributed by atoms with Crippen LogP contribution in [0.5, 0.6) is 5.75 Å². The van der Waals surface area contributed by atoms with Gasteiger partial charge in [0.25, 0.3) is 5.91 Å². The van der Waals surface area contributed by atoms with Gasteiger partial charge in [0.2, 0.25) is 5.95 Å². The van der Waals surface area contributed by atoms with E-state index in [1.165, 1.54) is 12.1 Å². The summed E-state index contributed by atoms with van der Waals surface area (Å²) >= 11 is 0. The van der Waals surface area contributed by atoms with Crippen LogP contribution >= 0.6 is 0 Å². The molecule has 9 nitrogen and oxygen atoms in total. The Hall–Kier alpha value is -3.62. The molecule has 3 heterocycles. The largest absolute Gasteiger partial charge is 0.489 e. The minimum Gasteiger partial charge on any atom is -0.489 e. The fourth-order valence-corrected chi connectivity index (χ4v) is 3.73. The number of nitrogens with zero attached hydrogens (tertiary/aromatic N) is 4. The Balaban J connectivity index is 1.82. The number of rotatable bonds is 6. The van der Waals surface area contributed by atoms with E-state index in [9.17, 15) is 14.7 Å². The van der Waals surface area contributed by atoms with E-state index in [1.807, 2.05) is 37.5 Å². The van der Waals surface area contributed by atoms with Gasteiger partial charge < -0.3 is 9.84 Å². The molecule has 1 unspecified atom stereocenters. The van der Waals surface area contributed by atoms with Gasteiger partial charge in [-0.1, -0.05) is 12.2 Å². The number of hydrogen-bond donors (Lipinski definition) is 2. The van der Waals surface area contributed by atoms with Gasteiger partial charge in [-0.05, 0) is 45.4 Å². The van der Waals surface area contributed by atoms with E-state index in [1.54, 1.807) is 10.7 Å². The summed E-state index contributed by atoms with van der Waals surface area (Å²) in [5.41, 5.74) is 2.43. The van der Waals surface area contributed by atoms with Crippen molar-refractivity contribution >= 4 is 28.9 Å². The number of anilines is 1. The van der Waals surface area contributed by atoms with E-state index >= 15 is 0 Å². The third kappa shape index (κ3) is 3.32. The van der Waals surface area contributed by atoms with Crippen molar-refractivity contribution in [3.8, 4) is 5.75 Å². The molecule has 30 heavy (non-hydrogen) atoms. The van der Waals surface area contributed by atoms with Gasteiger partial charge in [-0.15, -0.1) is 0 Å². The number of benzene rings is 1. The van der Waals surface area contributed by atoms with Gasteiger partial charge >= 0.3 is 5.97 Å². The second kappa shape index (κ2) is 7.66. The molecule has 9 heteroatoms. The predicted octanol–water partition coefficient (Wildman–Crippen LogP) is 3.41. The Morgan fingerprint density at radius 3 is 2.87 bits per heavy atom. The zero-order chi connectivity index (χ0) is 21.4. The van der Waals surface area contributed by atoms with Crippen molar-refractivity contribution in [1.29, 1.82) is 0 Å². The number of aromatic carboxylic acids is 1. The highest BCUT2D eigenvalue weighted by Crippen LogP contribution is 2.38. The summed E-state index contributed by atoms with van der Waals surface area (Å²) in [5, 5.41) is 16.6. The van der Waals surface area contributed by atoms with E-state index in [2.05, 4.69) is 15.4 Å². The lowest BCUT2D eigenvalue weighted by molar-refractivity contribution is 0.0696. The maximum absolute atomic E-state index is 13.0. The standard InChI is InChI=1S/C21H23N5O4/c1-4-6-7-14-11-30-17-10-13(20(28)29)9-15-18(17)26(14)21(22-15)23-19(27)16-8-12(3)24-25(16)5-2/h4,6,8-10,14H,5,7,11H2,1-3H3,(H,28,29)(H,22,23,27). The normalized spacial score (nSPS) is 15.5. The number of hydrogen-bond acceptors (Lipinski definition) is 5. The highest BCUT2D eigenvalue weighted by Gasteiger charge is 2.29. The van der Waals surface area contributed by atoms with Crippen LogP contribution in [0.2, 0.25) is 0 Å². The van der Waals surface area contributed by atoms with Crippen molar-refractivity contribution in [2.24, 2.45) is 0 Å². The molecule has 0 aliphatic carbocycles. The summed E-state index contributed by atoms with van der Waals surface area (Å²) < 4.78 is 9.42. The summed E-state index contributed by atoms with van der Waals surface area (Å²) in [4.78, 5) is 29.0. The van der Waals surface area contributed by atoms with Gasteiger partial charge in [0.1, 0.15) is 23.6 Å². The second-order valence-corrected chi connectivity index (χ2v) is 7.16. The molecular weight excluding hydrogens is 386 g/mol. The molecule has 1 aliphatic rings. The molecule has 0 saturated heterocycles. The average molecular weight is 409 g/mol. The number of aromatic nitrogens is 4. The van der Waals surface area contributed by atoms with Gasteiger partial charge in [0.15, 0.2) is 0 Å². The number of carbonyl (C=O) groups excluding carboxylic acids is 1. The molecular formula is C21H23N5O4. The van der Waals surface area contributed by atoms with E-state index in [0.717, 1.165) is 5.69 Å². The molecule has 1 atom stereocenters. The number of carbonyl (C=O) groups is 2. The first kappa shape index (κ1) is 19.7. The Labute approximate surface area is 173 Å². The van der Waals surface area contributed by atoms with E-state index in [4.69, 9.17) is 4.74 Å². The van der Waals surface area contributed by atoms with Crippen LogP contribution in [0.1, 0.15) is 52.9 Å². The number of carboxylic acid groups (broad SMARTS) is 1. The molecule has 2 aromatic heterocycles. The van der Waals surface area contributed by atoms with Gasteiger partial charge in [0, 0.05) is 6.54 Å². The monoisotopic (exact) mass is 409 g/mol. The zero-order valence-corrected chi connectivity index (χ0v) is 17.0. The van der Waals surface area contributed by atoms with E-state index in [-0.39, 0.29) is 17.5 Å². The smallest absolute Gasteiger partial charge is 0.335 e. The number of aryl methyl sites for hydroxylation is 2. The van der Waals surface area contributed by atoms with Crippen LogP contribution < -0.4 is 10.1 Å². The maximum atomic E-state index is 13.0. The molecule has 0 spiro atoms. The molecule has 1 aliphatic heterocycles. The van der Waals surface area contributed by atoms with Crippen LogP contribution in [-0.4, -0.2) is 42.9 Å². The lowest BCUT2D eigenvalue weighted by atomic mass is 10.1. The van der Waals surface area contributed by atoms with Crippen molar-refractivity contribution in [1.82, 2.24) is 19.3 Å². The van der Waals surface area contributed by atoms with Crippen LogP contribution in [0.3, 0.4) is 0 Å². The summed E-state index contributed by atoms with van der Waals surface area (Å²) in [6.07, 6.45) is 4.67. The first-order valence-electron chi connectivity index (χ1n) is 9.82. The summed E-state index contributed by atoms with van der Waals surface area (Å²) in [5.74, 6) is -0.572. The maximum Gasteiger partial charge on any atom is 0.335 e. The lowest BCUT2D eigenvalue weighted by Gasteiger charge is -2.26. The van der Waals surface area contributed by atoms with Gasteiger partial charge in [-0.3, -0.25) is 19.4 Å². The van der Waals surface area contributed by atoms with Crippen molar-refractivity contribution in [2.45, 2.75) is 39.8 Å². The number of amides is 1. The number of ether oxygens (including phenoxy) is 1. The minimum absolute atomic E-state index is 0.0810. The third-order valence-corrected chi connectivity index (χ3v) is 5.10. The van der Waals surface area contributed by atoms with Crippen molar-refractivity contribution in [3.05, 3.63) is 47.3 Å². The van der Waals surface area contributed by atoms with Crippen molar-refractivity contribution in [2.75, 3.05) is 11.9 Å². The number of imidazole rings is 1. The van der Waals surface area contributed by atoms with E-state index in [0.29, 0.717) is 48.0 Å². The van der Waals surface area contributed by atoms with Crippen LogP contribution in [0.4, 0.5) is 5.95 Å². The summed E-state index contributed by atoms with van der Waals surface area (Å²) in [7, 11) is 0. The number of allylic oxidation sites excluding steroid dienone is 2. The molecule has 156 valence electrons. The Morgan fingerprint density at radius 1 is 1.37 bits per heavy atom. The van der Waals surface area contributed by atoms with Gasteiger partial charge in [0.05, 0.1) is 22.8 Å². The fraction of sp³-hybridized carbons (Fsp3) is 0.333. The molecule has 0 bridgehead atoms. The van der Waals surface area contributed by atoms with Crippen molar-refractivity contribution < 1.29 is 19.4 Å². The van der Waals surface area contributed by atoms with Gasteiger partial charge in [-0.25, -0.2) is 9.78 Å². The molecule has 4 rings (SSSR count). The Bertz CT molecular complexity index is 1170. The quantitative estimate of drug-likeness (QED) is 0.604. The number of nitrogens with one attached hydrogen (secondary N) is 1. The first-order valence-corrected chi connectivity index (χ1v) is 9.82. The highest BCUT2D eigenvalue weighted by molar-refractivity contribution is 6.04. The third-order valence-electron chi connectivity index (χ3n) is 5.10. The SMILES string of the molecule is CC=CCC1COc2cc(C(=O)O)cc3nc(NC(=O)c4cc(C)nn4CC)n1c23. The van der Waals surface area contributed by atoms with Crippen LogP contribution in [0.15, 0.2) is 30.4 Å². The Morgan fingerprint density at radius 2 is 2.17 bits per heavy atom. The highest BCUT2D eigenvalue weighted by atomic mass is 16.5. The fourth-order valence-electron chi connectivity index (χ4n) is 3.73. The molecule has 2 N–H and O–H groups in total. The first-order chi connectivity index (χ1) is 14.4. The zero-order valence-electron chi connectivity index (χ0n) is 17.0. The van der Waals surface area contributed by atoms with Gasteiger partial charge in [-0.2, -0.15) is 5.10 Å². The average Bonchev–Trinajstić information content (AvgIpc) is 3.28. The molecule has 1 aromatic carbocycles.